The first-order chi connectivity index (χ1) is 12.7. The lowest BCUT2D eigenvalue weighted by molar-refractivity contribution is 0.667. The van der Waals surface area contributed by atoms with Gasteiger partial charge >= 0.3 is 0 Å². The van der Waals surface area contributed by atoms with Crippen molar-refractivity contribution in [2.24, 2.45) is 0 Å². The Morgan fingerprint density at radius 2 is 1.42 bits per heavy atom. The minimum absolute atomic E-state index is 0.210. The number of rotatable bonds is 4. The van der Waals surface area contributed by atoms with E-state index in [0.29, 0.717) is 22.3 Å². The largest absolute Gasteiger partial charge is 0.268 e. The number of aromatic nitrogens is 2. The summed E-state index contributed by atoms with van der Waals surface area (Å²) in [4.78, 5) is 17.7. The minimum Gasteiger partial charge on any atom is -0.268 e. The van der Waals surface area contributed by atoms with Crippen LogP contribution in [0.5, 0.6) is 0 Å². The van der Waals surface area contributed by atoms with Crippen molar-refractivity contribution in [3.05, 3.63) is 101 Å². The van der Waals surface area contributed by atoms with Crippen LogP contribution in [0.15, 0.2) is 94.9 Å². The van der Waals surface area contributed by atoms with Gasteiger partial charge in [0.25, 0.3) is 5.56 Å². The lowest BCUT2D eigenvalue weighted by Gasteiger charge is -2.13. The normalized spacial score (nSPS) is 12.2. The van der Waals surface area contributed by atoms with Crippen LogP contribution in [0, 0.1) is 0 Å². The Morgan fingerprint density at radius 1 is 0.808 bits per heavy atom. The molecule has 0 amide bonds. The lowest BCUT2D eigenvalue weighted by atomic mass is 10.2. The highest BCUT2D eigenvalue weighted by Gasteiger charge is 2.17. The van der Waals surface area contributed by atoms with Crippen LogP contribution in [-0.2, 0) is 16.6 Å². The van der Waals surface area contributed by atoms with Gasteiger partial charge < -0.3 is 0 Å². The van der Waals surface area contributed by atoms with Gasteiger partial charge in [0.1, 0.15) is 0 Å². The second kappa shape index (κ2) is 7.06. The van der Waals surface area contributed by atoms with Crippen LogP contribution >= 0.6 is 0 Å². The second-order valence-electron chi connectivity index (χ2n) is 5.86. The molecule has 0 aliphatic heterocycles. The molecule has 0 saturated carbocycles. The highest BCUT2D eigenvalue weighted by molar-refractivity contribution is 7.84. The summed E-state index contributed by atoms with van der Waals surface area (Å²) in [6.45, 7) is 0. The van der Waals surface area contributed by atoms with Crippen molar-refractivity contribution >= 4 is 21.7 Å². The Balaban J connectivity index is 1.92. The third-order valence-corrected chi connectivity index (χ3v) is 5.38. The van der Waals surface area contributed by atoms with E-state index in [1.54, 1.807) is 18.2 Å². The quantitative estimate of drug-likeness (QED) is 0.522. The summed E-state index contributed by atoms with van der Waals surface area (Å²) in [6.07, 6.45) is 0. The van der Waals surface area contributed by atoms with Gasteiger partial charge in [-0.2, -0.15) is 0 Å². The van der Waals surface area contributed by atoms with Crippen LogP contribution in [0.4, 0.5) is 0 Å². The van der Waals surface area contributed by atoms with Gasteiger partial charge in [0.2, 0.25) is 5.16 Å². The summed E-state index contributed by atoms with van der Waals surface area (Å²) < 4.78 is 14.6. The fraction of sp³-hybridized carbons (Fsp3) is 0.0476. The van der Waals surface area contributed by atoms with Crippen molar-refractivity contribution in [2.75, 3.05) is 0 Å². The molecule has 128 valence electrons. The van der Waals surface area contributed by atoms with Crippen molar-refractivity contribution in [3.63, 3.8) is 0 Å². The summed E-state index contributed by atoms with van der Waals surface area (Å²) in [5.74, 6) is 0.304. The number of benzene rings is 3. The average Bonchev–Trinajstić information content (AvgIpc) is 2.69. The van der Waals surface area contributed by atoms with E-state index in [1.165, 1.54) is 4.57 Å². The standard InChI is InChI=1S/C21H16N2O2S/c24-20-18-13-7-8-14-19(18)22-21(23(20)17-11-5-2-6-12-17)26(25)15-16-9-3-1-4-10-16/h1-14H,15H2. The predicted octanol–water partition coefficient (Wildman–Crippen LogP) is 3.69. The first-order valence-corrected chi connectivity index (χ1v) is 9.55. The Morgan fingerprint density at radius 3 is 2.15 bits per heavy atom. The van der Waals surface area contributed by atoms with Crippen molar-refractivity contribution in [3.8, 4) is 5.69 Å². The molecule has 3 aromatic carbocycles. The maximum absolute atomic E-state index is 13.1. The molecule has 0 saturated heterocycles. The molecule has 0 spiro atoms. The molecule has 0 N–H and O–H groups in total. The van der Waals surface area contributed by atoms with Crippen molar-refractivity contribution in [2.45, 2.75) is 10.9 Å². The predicted molar refractivity (Wildman–Crippen MR) is 104 cm³/mol. The van der Waals surface area contributed by atoms with E-state index in [-0.39, 0.29) is 10.7 Å². The SMILES string of the molecule is O=c1c2ccccc2nc(S(=O)Cc2ccccc2)n1-c1ccccc1. The van der Waals surface area contributed by atoms with Gasteiger partial charge in [0, 0.05) is 0 Å². The minimum atomic E-state index is -1.46. The smallest absolute Gasteiger partial charge is 0.266 e. The number of fused-ring (bicyclic) bond motifs is 1. The fourth-order valence-corrected chi connectivity index (χ4v) is 4.08. The van der Waals surface area contributed by atoms with Gasteiger partial charge in [0.15, 0.2) is 0 Å². The van der Waals surface area contributed by atoms with E-state index in [9.17, 15) is 9.00 Å². The summed E-state index contributed by atoms with van der Waals surface area (Å²) in [6, 6.07) is 25.9. The van der Waals surface area contributed by atoms with Crippen LogP contribution in [0.2, 0.25) is 0 Å². The van der Waals surface area contributed by atoms with Crippen LogP contribution in [-0.4, -0.2) is 13.8 Å². The van der Waals surface area contributed by atoms with E-state index in [4.69, 9.17) is 0 Å². The molecule has 4 rings (SSSR count). The number of hydrogen-bond donors (Lipinski definition) is 0. The summed E-state index contributed by atoms with van der Waals surface area (Å²) in [5.41, 5.74) is 1.94. The molecule has 0 bridgehead atoms. The molecule has 5 heteroatoms. The zero-order valence-electron chi connectivity index (χ0n) is 13.9. The molecule has 4 nitrogen and oxygen atoms in total. The van der Waals surface area contributed by atoms with Gasteiger partial charge in [-0.25, -0.2) is 4.98 Å². The Kier molecular flexibility index (Phi) is 4.46. The molecule has 0 radical (unpaired) electrons. The first kappa shape index (κ1) is 16.4. The maximum atomic E-state index is 13.1. The molecule has 0 aliphatic carbocycles. The molecule has 26 heavy (non-hydrogen) atoms. The molecule has 0 fully saturated rings. The maximum Gasteiger partial charge on any atom is 0.266 e. The summed E-state index contributed by atoms with van der Waals surface area (Å²) in [5, 5.41) is 0.778. The van der Waals surface area contributed by atoms with E-state index in [0.717, 1.165) is 5.56 Å². The Bertz CT molecular complexity index is 1140. The van der Waals surface area contributed by atoms with Gasteiger partial charge in [0.05, 0.1) is 33.1 Å². The topological polar surface area (TPSA) is 52.0 Å². The third-order valence-electron chi connectivity index (χ3n) is 4.10. The molecule has 1 aromatic heterocycles. The molecule has 4 aromatic rings. The molecular formula is C21H16N2O2S. The molecule has 1 heterocycles. The fourth-order valence-electron chi connectivity index (χ4n) is 2.86. The molecular weight excluding hydrogens is 344 g/mol. The zero-order chi connectivity index (χ0) is 17.9. The van der Waals surface area contributed by atoms with E-state index in [2.05, 4.69) is 4.98 Å². The number of hydrogen-bond acceptors (Lipinski definition) is 3. The number of nitrogens with zero attached hydrogens (tertiary/aromatic N) is 2. The van der Waals surface area contributed by atoms with E-state index < -0.39 is 10.8 Å². The first-order valence-electron chi connectivity index (χ1n) is 8.23. The third kappa shape index (κ3) is 3.09. The van der Waals surface area contributed by atoms with Crippen molar-refractivity contribution < 1.29 is 4.21 Å². The highest BCUT2D eigenvalue weighted by Crippen LogP contribution is 2.17. The Labute approximate surface area is 153 Å². The molecule has 0 aliphatic rings. The summed E-state index contributed by atoms with van der Waals surface area (Å²) in [7, 11) is -1.46. The second-order valence-corrected chi connectivity index (χ2v) is 7.21. The van der Waals surface area contributed by atoms with Gasteiger partial charge in [-0.1, -0.05) is 60.7 Å². The van der Waals surface area contributed by atoms with Crippen molar-refractivity contribution in [1.82, 2.24) is 9.55 Å². The van der Waals surface area contributed by atoms with Gasteiger partial charge in [-0.15, -0.1) is 0 Å². The van der Waals surface area contributed by atoms with Crippen LogP contribution < -0.4 is 5.56 Å². The number of para-hydroxylation sites is 2. The highest BCUT2D eigenvalue weighted by atomic mass is 32.2. The molecule has 1 atom stereocenters. The average molecular weight is 360 g/mol. The summed E-state index contributed by atoms with van der Waals surface area (Å²) >= 11 is 0. The van der Waals surface area contributed by atoms with Crippen LogP contribution in [0.3, 0.4) is 0 Å². The van der Waals surface area contributed by atoms with Crippen LogP contribution in [0.25, 0.3) is 16.6 Å². The van der Waals surface area contributed by atoms with Gasteiger partial charge in [-0.3, -0.25) is 13.6 Å². The van der Waals surface area contributed by atoms with E-state index >= 15 is 0 Å². The van der Waals surface area contributed by atoms with E-state index in [1.807, 2.05) is 66.7 Å². The van der Waals surface area contributed by atoms with Gasteiger partial charge in [-0.05, 0) is 29.8 Å². The monoisotopic (exact) mass is 360 g/mol. The van der Waals surface area contributed by atoms with Crippen molar-refractivity contribution in [1.29, 1.82) is 0 Å². The van der Waals surface area contributed by atoms with Crippen LogP contribution in [0.1, 0.15) is 5.56 Å². The zero-order valence-corrected chi connectivity index (χ0v) is 14.7. The lowest BCUT2D eigenvalue weighted by Crippen LogP contribution is -2.24. The Hall–Kier alpha value is -3.05. The molecule has 1 unspecified atom stereocenters.